The minimum absolute atomic E-state index is 0.0880. The summed E-state index contributed by atoms with van der Waals surface area (Å²) in [5.74, 6) is -1.32. The number of carboxylic acid groups (broad SMARTS) is 1. The van der Waals surface area contributed by atoms with Gasteiger partial charge in [-0.1, -0.05) is 6.42 Å². The highest BCUT2D eigenvalue weighted by Gasteiger charge is 2.29. The van der Waals surface area contributed by atoms with Gasteiger partial charge in [0.05, 0.1) is 6.20 Å². The molecule has 1 fully saturated rings. The largest absolute Gasteiger partial charge is 0.478 e. The summed E-state index contributed by atoms with van der Waals surface area (Å²) in [6.07, 6.45) is 3.55. The molecule has 0 atom stereocenters. The molecule has 0 saturated heterocycles. The Hall–Kier alpha value is -1.41. The third-order valence-electron chi connectivity index (χ3n) is 2.53. The lowest BCUT2D eigenvalue weighted by atomic mass is 9.94. The molecule has 7 nitrogen and oxygen atoms in total. The van der Waals surface area contributed by atoms with Crippen molar-refractivity contribution in [2.45, 2.75) is 30.3 Å². The van der Waals surface area contributed by atoms with Crippen molar-refractivity contribution in [2.75, 3.05) is 0 Å². The van der Waals surface area contributed by atoms with Crippen LogP contribution in [0, 0.1) is 0 Å². The minimum atomic E-state index is -3.80. The van der Waals surface area contributed by atoms with E-state index in [4.69, 9.17) is 5.11 Å². The molecular weight excluding hydrogens is 234 g/mol. The average Bonchev–Trinajstić information content (AvgIpc) is 2.60. The van der Waals surface area contributed by atoms with Crippen LogP contribution in [0.15, 0.2) is 11.2 Å². The van der Waals surface area contributed by atoms with Gasteiger partial charge in [-0.15, -0.1) is 0 Å². The van der Waals surface area contributed by atoms with E-state index in [0.717, 1.165) is 25.5 Å². The molecule has 1 saturated carbocycles. The number of aromatic amines is 1. The van der Waals surface area contributed by atoms with Crippen LogP contribution in [-0.4, -0.2) is 35.7 Å². The van der Waals surface area contributed by atoms with Crippen molar-refractivity contribution in [3.8, 4) is 0 Å². The highest BCUT2D eigenvalue weighted by Crippen LogP contribution is 2.21. The van der Waals surface area contributed by atoms with Crippen LogP contribution in [0.25, 0.3) is 0 Å². The van der Waals surface area contributed by atoms with Crippen molar-refractivity contribution in [3.05, 3.63) is 11.8 Å². The van der Waals surface area contributed by atoms with E-state index in [1.165, 1.54) is 0 Å². The monoisotopic (exact) mass is 245 g/mol. The van der Waals surface area contributed by atoms with Crippen LogP contribution >= 0.6 is 0 Å². The van der Waals surface area contributed by atoms with Gasteiger partial charge in [0.15, 0.2) is 5.03 Å². The molecule has 88 valence electrons. The molecule has 1 aliphatic rings. The number of hydrogen-bond donors (Lipinski definition) is 3. The van der Waals surface area contributed by atoms with Crippen molar-refractivity contribution >= 4 is 16.0 Å². The van der Waals surface area contributed by atoms with E-state index in [9.17, 15) is 13.2 Å². The van der Waals surface area contributed by atoms with Crippen molar-refractivity contribution in [1.29, 1.82) is 0 Å². The van der Waals surface area contributed by atoms with Crippen LogP contribution in [0.3, 0.4) is 0 Å². The van der Waals surface area contributed by atoms with Crippen LogP contribution < -0.4 is 4.72 Å². The van der Waals surface area contributed by atoms with Gasteiger partial charge in [-0.3, -0.25) is 5.10 Å². The Morgan fingerprint density at radius 1 is 1.56 bits per heavy atom. The number of nitrogens with one attached hydrogen (secondary N) is 2. The SMILES string of the molecule is O=C(O)c1cn[nH]c1S(=O)(=O)NC1CCC1. The quantitative estimate of drug-likeness (QED) is 0.687. The van der Waals surface area contributed by atoms with Gasteiger partial charge in [0, 0.05) is 6.04 Å². The van der Waals surface area contributed by atoms with E-state index in [1.807, 2.05) is 0 Å². The number of aromatic nitrogens is 2. The maximum atomic E-state index is 11.8. The summed E-state index contributed by atoms with van der Waals surface area (Å²) in [7, 11) is -3.80. The molecule has 1 heterocycles. The Bertz CT molecular complexity index is 503. The lowest BCUT2D eigenvalue weighted by Gasteiger charge is -2.25. The van der Waals surface area contributed by atoms with Gasteiger partial charge < -0.3 is 5.11 Å². The number of hydrogen-bond acceptors (Lipinski definition) is 4. The summed E-state index contributed by atoms with van der Waals surface area (Å²) in [6, 6.07) is -0.0880. The maximum Gasteiger partial charge on any atom is 0.340 e. The molecule has 1 aliphatic carbocycles. The second-order valence-electron chi connectivity index (χ2n) is 3.67. The van der Waals surface area contributed by atoms with E-state index < -0.39 is 16.0 Å². The van der Waals surface area contributed by atoms with Crippen LogP contribution in [0.1, 0.15) is 29.6 Å². The van der Waals surface area contributed by atoms with Gasteiger partial charge in [-0.05, 0) is 12.8 Å². The number of rotatable bonds is 4. The molecular formula is C8H11N3O4S. The molecule has 0 bridgehead atoms. The average molecular weight is 245 g/mol. The van der Waals surface area contributed by atoms with Crippen molar-refractivity contribution in [3.63, 3.8) is 0 Å². The predicted octanol–water partition coefficient (Wildman–Crippen LogP) is -0.0613. The topological polar surface area (TPSA) is 112 Å². The Balaban J connectivity index is 2.27. The number of nitrogens with zero attached hydrogens (tertiary/aromatic N) is 1. The van der Waals surface area contributed by atoms with Gasteiger partial charge in [-0.2, -0.15) is 5.10 Å². The predicted molar refractivity (Wildman–Crippen MR) is 53.5 cm³/mol. The fourth-order valence-electron chi connectivity index (χ4n) is 1.44. The van der Waals surface area contributed by atoms with E-state index >= 15 is 0 Å². The Morgan fingerprint density at radius 2 is 2.25 bits per heavy atom. The summed E-state index contributed by atoms with van der Waals surface area (Å²) in [5.41, 5.74) is -0.341. The van der Waals surface area contributed by atoms with Gasteiger partial charge in [-0.25, -0.2) is 17.9 Å². The standard InChI is InChI=1S/C8H11N3O4S/c12-8(13)6-4-9-10-7(6)16(14,15)11-5-2-1-3-5/h4-5,11H,1-3H2,(H,9,10)(H,12,13). The molecule has 16 heavy (non-hydrogen) atoms. The maximum absolute atomic E-state index is 11.8. The molecule has 3 N–H and O–H groups in total. The first kappa shape index (κ1) is 11.1. The zero-order valence-electron chi connectivity index (χ0n) is 8.30. The van der Waals surface area contributed by atoms with E-state index in [2.05, 4.69) is 14.9 Å². The molecule has 1 aromatic heterocycles. The number of carbonyl (C=O) groups is 1. The normalized spacial score (nSPS) is 17.0. The Morgan fingerprint density at radius 3 is 2.75 bits per heavy atom. The highest BCUT2D eigenvalue weighted by atomic mass is 32.2. The van der Waals surface area contributed by atoms with Crippen molar-refractivity contribution in [1.82, 2.24) is 14.9 Å². The third kappa shape index (κ3) is 1.93. The minimum Gasteiger partial charge on any atom is -0.478 e. The first-order valence-electron chi connectivity index (χ1n) is 4.79. The number of sulfonamides is 1. The summed E-state index contributed by atoms with van der Waals surface area (Å²) in [4.78, 5) is 10.7. The lowest BCUT2D eigenvalue weighted by molar-refractivity contribution is 0.0692. The third-order valence-corrected chi connectivity index (χ3v) is 4.02. The second kappa shape index (κ2) is 3.87. The lowest BCUT2D eigenvalue weighted by Crippen LogP contribution is -2.40. The molecule has 0 aliphatic heterocycles. The summed E-state index contributed by atoms with van der Waals surface area (Å²) < 4.78 is 26.0. The molecule has 2 rings (SSSR count). The van der Waals surface area contributed by atoms with Crippen molar-refractivity contribution in [2.24, 2.45) is 0 Å². The van der Waals surface area contributed by atoms with Crippen LogP contribution in [0.4, 0.5) is 0 Å². The zero-order chi connectivity index (χ0) is 11.8. The summed E-state index contributed by atoms with van der Waals surface area (Å²) in [6.45, 7) is 0. The molecule has 0 unspecified atom stereocenters. The number of aromatic carboxylic acids is 1. The fraction of sp³-hybridized carbons (Fsp3) is 0.500. The van der Waals surface area contributed by atoms with E-state index in [1.54, 1.807) is 0 Å². The number of carboxylic acids is 1. The van der Waals surface area contributed by atoms with Crippen LogP contribution in [-0.2, 0) is 10.0 Å². The Labute approximate surface area is 91.9 Å². The molecule has 1 aromatic rings. The van der Waals surface area contributed by atoms with Gasteiger partial charge >= 0.3 is 5.97 Å². The molecule has 0 radical (unpaired) electrons. The van der Waals surface area contributed by atoms with Gasteiger partial charge in [0.1, 0.15) is 5.56 Å². The van der Waals surface area contributed by atoms with E-state index in [-0.39, 0.29) is 16.6 Å². The zero-order valence-corrected chi connectivity index (χ0v) is 9.12. The molecule has 8 heteroatoms. The van der Waals surface area contributed by atoms with Crippen molar-refractivity contribution < 1.29 is 18.3 Å². The van der Waals surface area contributed by atoms with Gasteiger partial charge in [0.2, 0.25) is 0 Å². The first-order chi connectivity index (χ1) is 7.50. The Kier molecular flexibility index (Phi) is 2.68. The summed E-state index contributed by atoms with van der Waals surface area (Å²) >= 11 is 0. The first-order valence-corrected chi connectivity index (χ1v) is 6.28. The summed E-state index contributed by atoms with van der Waals surface area (Å²) in [5, 5.41) is 14.0. The van der Waals surface area contributed by atoms with Gasteiger partial charge in [0.25, 0.3) is 10.0 Å². The van der Waals surface area contributed by atoms with E-state index in [0.29, 0.717) is 0 Å². The molecule has 0 aromatic carbocycles. The smallest absolute Gasteiger partial charge is 0.340 e. The van der Waals surface area contributed by atoms with Crippen LogP contribution in [0.2, 0.25) is 0 Å². The highest BCUT2D eigenvalue weighted by molar-refractivity contribution is 7.89. The second-order valence-corrected chi connectivity index (χ2v) is 5.32. The molecule has 0 spiro atoms. The fourth-order valence-corrected chi connectivity index (χ4v) is 2.83. The number of H-pyrrole nitrogens is 1. The molecule has 0 amide bonds. The van der Waals surface area contributed by atoms with Crippen LogP contribution in [0.5, 0.6) is 0 Å².